The topological polar surface area (TPSA) is 12.0 Å². The highest BCUT2D eigenvalue weighted by Crippen LogP contribution is 2.42. The summed E-state index contributed by atoms with van der Waals surface area (Å²) >= 11 is 6.20. The van der Waals surface area contributed by atoms with Crippen molar-refractivity contribution in [3.63, 3.8) is 0 Å². The molecule has 2 rings (SSSR count). The summed E-state index contributed by atoms with van der Waals surface area (Å²) in [5.41, 5.74) is 0.931. The van der Waals surface area contributed by atoms with Gasteiger partial charge in [0, 0.05) is 22.7 Å². The van der Waals surface area contributed by atoms with E-state index in [9.17, 15) is 4.39 Å². The van der Waals surface area contributed by atoms with Crippen molar-refractivity contribution in [1.29, 1.82) is 0 Å². The van der Waals surface area contributed by atoms with Gasteiger partial charge in [-0.2, -0.15) is 0 Å². The summed E-state index contributed by atoms with van der Waals surface area (Å²) in [6, 6.07) is 4.98. The van der Waals surface area contributed by atoms with Crippen molar-refractivity contribution in [1.82, 2.24) is 5.32 Å². The quantitative estimate of drug-likeness (QED) is 0.827. The van der Waals surface area contributed by atoms with E-state index in [1.54, 1.807) is 12.1 Å². The maximum absolute atomic E-state index is 14.0. The Labute approximate surface area is 126 Å². The van der Waals surface area contributed by atoms with Gasteiger partial charge in [0.25, 0.3) is 0 Å². The van der Waals surface area contributed by atoms with Crippen molar-refractivity contribution in [2.75, 3.05) is 6.54 Å². The number of nitrogens with one attached hydrogen (secondary N) is 1. The van der Waals surface area contributed by atoms with Crippen LogP contribution >= 0.6 is 11.6 Å². The van der Waals surface area contributed by atoms with Crippen LogP contribution in [0.2, 0.25) is 5.02 Å². The molecule has 0 amide bonds. The molecule has 0 heterocycles. The predicted molar refractivity (Wildman–Crippen MR) is 83.8 cm³/mol. The minimum absolute atomic E-state index is 0.0919. The van der Waals surface area contributed by atoms with Gasteiger partial charge >= 0.3 is 0 Å². The highest BCUT2D eigenvalue weighted by molar-refractivity contribution is 6.31. The van der Waals surface area contributed by atoms with Crippen LogP contribution in [-0.2, 0) is 6.42 Å². The summed E-state index contributed by atoms with van der Waals surface area (Å²) < 4.78 is 14.0. The van der Waals surface area contributed by atoms with E-state index >= 15 is 0 Å². The highest BCUT2D eigenvalue weighted by Gasteiger charge is 2.35. The van der Waals surface area contributed by atoms with Gasteiger partial charge in [-0.15, -0.1) is 0 Å². The average Bonchev–Trinajstić information content (AvgIpc) is 2.80. The Kier molecular flexibility index (Phi) is 4.76. The number of rotatable bonds is 4. The third-order valence-electron chi connectivity index (χ3n) is 4.27. The summed E-state index contributed by atoms with van der Waals surface area (Å²) in [4.78, 5) is 0. The van der Waals surface area contributed by atoms with Gasteiger partial charge in [-0.3, -0.25) is 0 Å². The van der Waals surface area contributed by atoms with Gasteiger partial charge in [0.1, 0.15) is 5.82 Å². The number of hydrogen-bond donors (Lipinski definition) is 1. The monoisotopic (exact) mass is 297 g/mol. The molecule has 0 unspecified atom stereocenters. The first-order chi connectivity index (χ1) is 9.31. The Morgan fingerprint density at radius 3 is 2.45 bits per heavy atom. The van der Waals surface area contributed by atoms with Gasteiger partial charge in [-0.05, 0) is 57.6 Å². The Hall–Kier alpha value is -0.600. The fourth-order valence-electron chi connectivity index (χ4n) is 3.07. The summed E-state index contributed by atoms with van der Waals surface area (Å²) in [5.74, 6) is -0.167. The van der Waals surface area contributed by atoms with Gasteiger partial charge in [0.2, 0.25) is 0 Å². The van der Waals surface area contributed by atoms with Gasteiger partial charge in [-0.25, -0.2) is 4.39 Å². The van der Waals surface area contributed by atoms with Crippen LogP contribution in [0.25, 0.3) is 0 Å². The van der Waals surface area contributed by atoms with Crippen LogP contribution in [0.1, 0.15) is 52.0 Å². The summed E-state index contributed by atoms with van der Waals surface area (Å²) in [6.07, 6.45) is 5.51. The first-order valence-electron chi connectivity index (χ1n) is 7.49. The molecule has 1 aromatic rings. The third-order valence-corrected chi connectivity index (χ3v) is 4.63. The molecule has 1 aliphatic carbocycles. The zero-order chi connectivity index (χ0) is 14.8. The van der Waals surface area contributed by atoms with Crippen LogP contribution in [0.3, 0.4) is 0 Å². The lowest BCUT2D eigenvalue weighted by molar-refractivity contribution is 0.242. The molecule has 0 spiro atoms. The molecule has 0 atom stereocenters. The molecule has 0 aliphatic heterocycles. The Bertz CT molecular complexity index is 438. The fourth-order valence-corrected chi connectivity index (χ4v) is 3.30. The van der Waals surface area contributed by atoms with Crippen molar-refractivity contribution < 1.29 is 4.39 Å². The van der Waals surface area contributed by atoms with E-state index in [4.69, 9.17) is 11.6 Å². The zero-order valence-corrected chi connectivity index (χ0v) is 13.5. The third kappa shape index (κ3) is 3.95. The molecule has 1 fully saturated rings. The summed E-state index contributed by atoms with van der Waals surface area (Å²) in [5, 5.41) is 4.16. The highest BCUT2D eigenvalue weighted by atomic mass is 35.5. The maximum Gasteiger partial charge on any atom is 0.127 e. The van der Waals surface area contributed by atoms with Gasteiger partial charge in [-0.1, -0.05) is 30.5 Å². The number of halogens is 2. The van der Waals surface area contributed by atoms with E-state index in [0.29, 0.717) is 10.6 Å². The van der Waals surface area contributed by atoms with Crippen LogP contribution < -0.4 is 5.32 Å². The molecule has 0 saturated heterocycles. The lowest BCUT2D eigenvalue weighted by atomic mass is 9.79. The molecule has 1 nitrogen and oxygen atoms in total. The molecular formula is C17H25ClFN. The zero-order valence-electron chi connectivity index (χ0n) is 12.7. The molecule has 112 valence electrons. The smallest absolute Gasteiger partial charge is 0.127 e. The second-order valence-corrected chi connectivity index (χ2v) is 7.59. The van der Waals surface area contributed by atoms with E-state index in [1.165, 1.54) is 18.9 Å². The van der Waals surface area contributed by atoms with Crippen LogP contribution in [-0.4, -0.2) is 12.1 Å². The van der Waals surface area contributed by atoms with Crippen LogP contribution in [0.4, 0.5) is 4.39 Å². The normalized spacial score (nSPS) is 18.4. The predicted octanol–water partition coefficient (Wildman–Crippen LogP) is 4.97. The standard InChI is InChI=1S/C17H25ClFN/c1-16(2,3)20-12-17(9-4-5-10-17)11-13-14(18)7-6-8-15(13)19/h6-8,20H,4-5,9-12H2,1-3H3. The van der Waals surface area contributed by atoms with Crippen molar-refractivity contribution >= 4 is 11.6 Å². The van der Waals surface area contributed by atoms with Crippen molar-refractivity contribution in [3.8, 4) is 0 Å². The first kappa shape index (κ1) is 15.8. The minimum atomic E-state index is -0.167. The first-order valence-corrected chi connectivity index (χ1v) is 7.87. The van der Waals surface area contributed by atoms with Crippen LogP contribution in [0.5, 0.6) is 0 Å². The molecule has 1 N–H and O–H groups in total. The SMILES string of the molecule is CC(C)(C)NCC1(Cc2c(F)cccc2Cl)CCCC1. The molecule has 1 aromatic carbocycles. The lowest BCUT2D eigenvalue weighted by Crippen LogP contribution is -2.44. The fraction of sp³-hybridized carbons (Fsp3) is 0.647. The lowest BCUT2D eigenvalue weighted by Gasteiger charge is -2.34. The minimum Gasteiger partial charge on any atom is -0.312 e. The van der Waals surface area contributed by atoms with Crippen molar-refractivity contribution in [2.45, 2.75) is 58.4 Å². The Balaban J connectivity index is 2.17. The largest absolute Gasteiger partial charge is 0.312 e. The average molecular weight is 298 g/mol. The maximum atomic E-state index is 14.0. The molecule has 20 heavy (non-hydrogen) atoms. The Morgan fingerprint density at radius 1 is 1.25 bits per heavy atom. The van der Waals surface area contributed by atoms with Gasteiger partial charge < -0.3 is 5.32 Å². The van der Waals surface area contributed by atoms with E-state index in [2.05, 4.69) is 26.1 Å². The summed E-state index contributed by atoms with van der Waals surface area (Å²) in [6.45, 7) is 7.45. The van der Waals surface area contributed by atoms with E-state index in [1.807, 2.05) is 0 Å². The van der Waals surface area contributed by atoms with E-state index in [0.717, 1.165) is 25.8 Å². The van der Waals surface area contributed by atoms with E-state index in [-0.39, 0.29) is 16.8 Å². The molecule has 1 aliphatic rings. The van der Waals surface area contributed by atoms with Crippen LogP contribution in [0.15, 0.2) is 18.2 Å². The van der Waals surface area contributed by atoms with Crippen molar-refractivity contribution in [2.24, 2.45) is 5.41 Å². The van der Waals surface area contributed by atoms with Crippen LogP contribution in [0, 0.1) is 11.2 Å². The second kappa shape index (κ2) is 6.03. The van der Waals surface area contributed by atoms with Gasteiger partial charge in [0.15, 0.2) is 0 Å². The molecular weight excluding hydrogens is 273 g/mol. The van der Waals surface area contributed by atoms with Gasteiger partial charge in [0.05, 0.1) is 0 Å². The number of hydrogen-bond acceptors (Lipinski definition) is 1. The summed E-state index contributed by atoms with van der Waals surface area (Å²) in [7, 11) is 0. The molecule has 0 radical (unpaired) electrons. The number of benzene rings is 1. The Morgan fingerprint density at radius 2 is 1.90 bits per heavy atom. The van der Waals surface area contributed by atoms with E-state index < -0.39 is 0 Å². The second-order valence-electron chi connectivity index (χ2n) is 7.19. The molecule has 0 bridgehead atoms. The molecule has 0 aromatic heterocycles. The molecule has 1 saturated carbocycles. The van der Waals surface area contributed by atoms with Crippen molar-refractivity contribution in [3.05, 3.63) is 34.6 Å². The molecule has 3 heteroatoms.